The zero-order chi connectivity index (χ0) is 14.5. The summed E-state index contributed by atoms with van der Waals surface area (Å²) in [6.45, 7) is 4.40. The maximum atomic E-state index is 12.3. The SMILES string of the molecule is CCCCCCC(C)C1C(=O)Nc2c(OC)cccc21. The van der Waals surface area contributed by atoms with Crippen molar-refractivity contribution in [3.05, 3.63) is 23.8 Å². The van der Waals surface area contributed by atoms with Gasteiger partial charge in [-0.2, -0.15) is 0 Å². The van der Waals surface area contributed by atoms with E-state index in [-0.39, 0.29) is 11.8 Å². The van der Waals surface area contributed by atoms with Gasteiger partial charge in [-0.15, -0.1) is 0 Å². The molecule has 1 aromatic rings. The number of ether oxygens (including phenoxy) is 1. The third-order valence-electron chi connectivity index (χ3n) is 4.23. The van der Waals surface area contributed by atoms with Gasteiger partial charge in [0.2, 0.25) is 5.91 Å². The van der Waals surface area contributed by atoms with Gasteiger partial charge < -0.3 is 10.1 Å². The summed E-state index contributed by atoms with van der Waals surface area (Å²) in [5, 5.41) is 2.99. The molecule has 2 unspecified atom stereocenters. The van der Waals surface area contributed by atoms with Gasteiger partial charge in [0.15, 0.2) is 0 Å². The minimum absolute atomic E-state index is 0.0262. The Kier molecular flexibility index (Phi) is 5.05. The maximum Gasteiger partial charge on any atom is 0.232 e. The topological polar surface area (TPSA) is 38.3 Å². The van der Waals surface area contributed by atoms with E-state index < -0.39 is 0 Å². The first-order valence-electron chi connectivity index (χ1n) is 7.66. The van der Waals surface area contributed by atoms with E-state index in [1.807, 2.05) is 18.2 Å². The van der Waals surface area contributed by atoms with Crippen LogP contribution in [0.1, 0.15) is 57.4 Å². The monoisotopic (exact) mass is 275 g/mol. The number of hydrogen-bond acceptors (Lipinski definition) is 2. The molecule has 2 rings (SSSR count). The van der Waals surface area contributed by atoms with Crippen LogP contribution in [0.4, 0.5) is 5.69 Å². The number of carbonyl (C=O) groups excluding carboxylic acids is 1. The summed E-state index contributed by atoms with van der Waals surface area (Å²) in [5.74, 6) is 1.23. The molecule has 2 atom stereocenters. The molecular formula is C17H25NO2. The molecule has 0 bridgehead atoms. The molecule has 1 heterocycles. The van der Waals surface area contributed by atoms with Crippen LogP contribution in [-0.4, -0.2) is 13.0 Å². The molecule has 0 spiro atoms. The van der Waals surface area contributed by atoms with E-state index in [1.54, 1.807) is 7.11 Å². The summed E-state index contributed by atoms with van der Waals surface area (Å²) >= 11 is 0. The molecular weight excluding hydrogens is 250 g/mol. The van der Waals surface area contributed by atoms with Crippen LogP contribution in [-0.2, 0) is 4.79 Å². The first kappa shape index (κ1) is 14.9. The van der Waals surface area contributed by atoms with Crippen molar-refractivity contribution in [2.45, 2.75) is 51.9 Å². The van der Waals surface area contributed by atoms with E-state index in [0.29, 0.717) is 5.92 Å². The van der Waals surface area contributed by atoms with Crippen LogP contribution in [0.15, 0.2) is 18.2 Å². The Morgan fingerprint density at radius 1 is 1.30 bits per heavy atom. The lowest BCUT2D eigenvalue weighted by Gasteiger charge is -2.18. The van der Waals surface area contributed by atoms with Crippen molar-refractivity contribution in [3.63, 3.8) is 0 Å². The highest BCUT2D eigenvalue weighted by Crippen LogP contribution is 2.43. The molecule has 1 N–H and O–H groups in total. The Morgan fingerprint density at radius 2 is 2.10 bits per heavy atom. The molecule has 0 saturated carbocycles. The number of hydrogen-bond donors (Lipinski definition) is 1. The summed E-state index contributed by atoms with van der Waals surface area (Å²) < 4.78 is 5.33. The highest BCUT2D eigenvalue weighted by atomic mass is 16.5. The third-order valence-corrected chi connectivity index (χ3v) is 4.23. The summed E-state index contributed by atoms with van der Waals surface area (Å²) in [5.41, 5.74) is 1.96. The molecule has 0 saturated heterocycles. The van der Waals surface area contributed by atoms with Crippen molar-refractivity contribution >= 4 is 11.6 Å². The number of fused-ring (bicyclic) bond motifs is 1. The first-order chi connectivity index (χ1) is 9.69. The van der Waals surface area contributed by atoms with Crippen molar-refractivity contribution in [3.8, 4) is 5.75 Å². The second-order valence-electron chi connectivity index (χ2n) is 5.72. The van der Waals surface area contributed by atoms with E-state index in [9.17, 15) is 4.79 Å². The minimum Gasteiger partial charge on any atom is -0.495 e. The van der Waals surface area contributed by atoms with E-state index in [1.165, 1.54) is 25.7 Å². The lowest BCUT2D eigenvalue weighted by Crippen LogP contribution is -2.18. The number of amides is 1. The fraction of sp³-hybridized carbons (Fsp3) is 0.588. The van der Waals surface area contributed by atoms with Gasteiger partial charge in [-0.05, 0) is 24.0 Å². The number of benzene rings is 1. The zero-order valence-electron chi connectivity index (χ0n) is 12.7. The fourth-order valence-electron chi connectivity index (χ4n) is 3.08. The zero-order valence-corrected chi connectivity index (χ0v) is 12.7. The van der Waals surface area contributed by atoms with Crippen LogP contribution < -0.4 is 10.1 Å². The summed E-state index contributed by atoms with van der Waals surface area (Å²) in [7, 11) is 1.64. The van der Waals surface area contributed by atoms with Crippen LogP contribution in [0.25, 0.3) is 0 Å². The molecule has 0 aliphatic carbocycles. The molecule has 0 fully saturated rings. The summed E-state index contributed by atoms with van der Waals surface area (Å²) in [4.78, 5) is 12.3. The highest BCUT2D eigenvalue weighted by molar-refractivity contribution is 6.04. The van der Waals surface area contributed by atoms with Gasteiger partial charge in [0, 0.05) is 0 Å². The van der Waals surface area contributed by atoms with Gasteiger partial charge in [-0.1, -0.05) is 51.7 Å². The first-order valence-corrected chi connectivity index (χ1v) is 7.66. The molecule has 3 heteroatoms. The average Bonchev–Trinajstić information content (AvgIpc) is 2.79. The van der Waals surface area contributed by atoms with E-state index in [4.69, 9.17) is 4.74 Å². The number of carbonyl (C=O) groups is 1. The van der Waals surface area contributed by atoms with Gasteiger partial charge in [-0.25, -0.2) is 0 Å². The Bertz CT molecular complexity index is 470. The van der Waals surface area contributed by atoms with Crippen LogP contribution in [0.2, 0.25) is 0 Å². The Hall–Kier alpha value is -1.51. The molecule has 1 aromatic carbocycles. The van der Waals surface area contributed by atoms with Crippen LogP contribution in [0.3, 0.4) is 0 Å². The Balaban J connectivity index is 2.08. The van der Waals surface area contributed by atoms with Crippen molar-refractivity contribution < 1.29 is 9.53 Å². The van der Waals surface area contributed by atoms with Crippen molar-refractivity contribution in [1.29, 1.82) is 0 Å². The maximum absolute atomic E-state index is 12.3. The molecule has 1 aliphatic rings. The third kappa shape index (κ3) is 2.97. The number of unbranched alkanes of at least 4 members (excludes halogenated alkanes) is 3. The number of anilines is 1. The Morgan fingerprint density at radius 3 is 2.80 bits per heavy atom. The standard InChI is InChI=1S/C17H25NO2/c1-4-5-6-7-9-12(2)15-13-10-8-11-14(20-3)16(13)18-17(15)19/h8,10-12,15H,4-7,9H2,1-3H3,(H,18,19). The molecule has 1 amide bonds. The fourth-order valence-corrected chi connectivity index (χ4v) is 3.08. The van der Waals surface area contributed by atoms with E-state index in [2.05, 4.69) is 19.2 Å². The highest BCUT2D eigenvalue weighted by Gasteiger charge is 2.35. The van der Waals surface area contributed by atoms with Gasteiger partial charge >= 0.3 is 0 Å². The van der Waals surface area contributed by atoms with E-state index >= 15 is 0 Å². The van der Waals surface area contributed by atoms with Gasteiger partial charge in [0.05, 0.1) is 18.7 Å². The molecule has 110 valence electrons. The molecule has 20 heavy (non-hydrogen) atoms. The molecule has 3 nitrogen and oxygen atoms in total. The van der Waals surface area contributed by atoms with Crippen molar-refractivity contribution in [2.75, 3.05) is 12.4 Å². The van der Waals surface area contributed by atoms with Gasteiger partial charge in [0.25, 0.3) is 0 Å². The van der Waals surface area contributed by atoms with Gasteiger partial charge in [-0.3, -0.25) is 4.79 Å². The largest absolute Gasteiger partial charge is 0.495 e. The molecule has 0 radical (unpaired) electrons. The van der Waals surface area contributed by atoms with Crippen LogP contribution in [0, 0.1) is 5.92 Å². The second-order valence-corrected chi connectivity index (χ2v) is 5.72. The number of methoxy groups -OCH3 is 1. The van der Waals surface area contributed by atoms with Crippen LogP contribution >= 0.6 is 0 Å². The van der Waals surface area contributed by atoms with Crippen molar-refractivity contribution in [1.82, 2.24) is 0 Å². The van der Waals surface area contributed by atoms with Crippen molar-refractivity contribution in [2.24, 2.45) is 5.92 Å². The van der Waals surface area contributed by atoms with Gasteiger partial charge in [0.1, 0.15) is 5.75 Å². The second kappa shape index (κ2) is 6.78. The number of rotatable bonds is 7. The number of nitrogens with one attached hydrogen (secondary N) is 1. The lowest BCUT2D eigenvalue weighted by atomic mass is 9.85. The summed E-state index contributed by atoms with van der Waals surface area (Å²) in [6, 6.07) is 5.91. The number of para-hydroxylation sites is 1. The molecule has 1 aliphatic heterocycles. The quantitative estimate of drug-likeness (QED) is 0.752. The van der Waals surface area contributed by atoms with E-state index in [0.717, 1.165) is 23.4 Å². The summed E-state index contributed by atoms with van der Waals surface area (Å²) in [6.07, 6.45) is 6.11. The molecule has 0 aromatic heterocycles. The normalized spacial score (nSPS) is 18.6. The Labute approximate surface area is 121 Å². The smallest absolute Gasteiger partial charge is 0.232 e. The minimum atomic E-state index is -0.0262. The van der Waals surface area contributed by atoms with Crippen LogP contribution in [0.5, 0.6) is 5.75 Å². The predicted molar refractivity (Wildman–Crippen MR) is 82.3 cm³/mol. The lowest BCUT2D eigenvalue weighted by molar-refractivity contribution is -0.118. The predicted octanol–water partition coefficient (Wildman–Crippen LogP) is 4.34. The average molecular weight is 275 g/mol.